The summed E-state index contributed by atoms with van der Waals surface area (Å²) in [6.07, 6.45) is -1.23. The molecule has 0 amide bonds. The second-order valence-corrected chi connectivity index (χ2v) is 4.17. The van der Waals surface area contributed by atoms with Gasteiger partial charge in [-0.1, -0.05) is 18.2 Å². The van der Waals surface area contributed by atoms with Crippen molar-refractivity contribution in [3.63, 3.8) is 0 Å². The van der Waals surface area contributed by atoms with Crippen molar-refractivity contribution in [2.24, 2.45) is 0 Å². The maximum atomic E-state index is 9.97. The van der Waals surface area contributed by atoms with E-state index in [9.17, 15) is 10.2 Å². The quantitative estimate of drug-likeness (QED) is 0.777. The molecular weight excluding hydrogens is 212 g/mol. The number of aliphatic hydroxyl groups is 2. The zero-order valence-electron chi connectivity index (χ0n) is 9.07. The van der Waals surface area contributed by atoms with Crippen LogP contribution in [0.1, 0.15) is 29.2 Å². The highest BCUT2D eigenvalue weighted by molar-refractivity contribution is 6.17. The molecule has 3 heteroatoms. The summed E-state index contributed by atoms with van der Waals surface area (Å²) in [5.74, 6) is 0.350. The van der Waals surface area contributed by atoms with Crippen LogP contribution >= 0.6 is 11.6 Å². The fraction of sp³-hybridized carbons (Fsp3) is 0.500. The van der Waals surface area contributed by atoms with Gasteiger partial charge >= 0.3 is 0 Å². The van der Waals surface area contributed by atoms with Crippen LogP contribution in [-0.2, 0) is 0 Å². The molecule has 0 bridgehead atoms. The molecule has 0 saturated heterocycles. The van der Waals surface area contributed by atoms with Crippen LogP contribution in [0.3, 0.4) is 0 Å². The third-order valence-electron chi connectivity index (χ3n) is 2.61. The van der Waals surface area contributed by atoms with Crippen molar-refractivity contribution in [2.75, 3.05) is 5.88 Å². The summed E-state index contributed by atoms with van der Waals surface area (Å²) in [4.78, 5) is 0. The molecule has 0 radical (unpaired) electrons. The topological polar surface area (TPSA) is 40.5 Å². The van der Waals surface area contributed by atoms with Crippen LogP contribution in [0.2, 0.25) is 0 Å². The van der Waals surface area contributed by atoms with E-state index >= 15 is 0 Å². The summed E-state index contributed by atoms with van der Waals surface area (Å²) in [5.41, 5.74) is 2.81. The number of aryl methyl sites for hydroxylation is 2. The minimum absolute atomic E-state index is 0.350. The van der Waals surface area contributed by atoms with Gasteiger partial charge in [0.1, 0.15) is 6.10 Å². The van der Waals surface area contributed by atoms with Crippen molar-refractivity contribution in [2.45, 2.75) is 32.5 Å². The van der Waals surface area contributed by atoms with Gasteiger partial charge in [0.2, 0.25) is 0 Å². The standard InChI is InChI=1S/C12H17ClO2/c1-8-4-3-5-9(2)11(8)12(15)10(14)6-7-13/h3-5,10,12,14-15H,6-7H2,1-2H3. The number of alkyl halides is 1. The van der Waals surface area contributed by atoms with Crippen molar-refractivity contribution < 1.29 is 10.2 Å². The summed E-state index contributed by atoms with van der Waals surface area (Å²) in [5, 5.41) is 19.7. The first-order chi connectivity index (χ1) is 7.07. The van der Waals surface area contributed by atoms with E-state index < -0.39 is 12.2 Å². The van der Waals surface area contributed by atoms with Crippen molar-refractivity contribution in [3.8, 4) is 0 Å². The Hall–Kier alpha value is -0.570. The summed E-state index contributed by atoms with van der Waals surface area (Å²) in [6.45, 7) is 3.86. The first-order valence-corrected chi connectivity index (χ1v) is 5.59. The maximum Gasteiger partial charge on any atom is 0.105 e. The summed E-state index contributed by atoms with van der Waals surface area (Å²) >= 11 is 5.54. The Morgan fingerprint density at radius 1 is 1.20 bits per heavy atom. The predicted octanol–water partition coefficient (Wildman–Crippen LogP) is 2.33. The highest BCUT2D eigenvalue weighted by atomic mass is 35.5. The van der Waals surface area contributed by atoms with E-state index in [2.05, 4.69) is 0 Å². The lowest BCUT2D eigenvalue weighted by Gasteiger charge is -2.21. The van der Waals surface area contributed by atoms with E-state index in [1.807, 2.05) is 32.0 Å². The van der Waals surface area contributed by atoms with Crippen LogP contribution in [-0.4, -0.2) is 22.2 Å². The van der Waals surface area contributed by atoms with E-state index in [0.29, 0.717) is 12.3 Å². The Kier molecular flexibility index (Phi) is 4.58. The SMILES string of the molecule is Cc1cccc(C)c1C(O)C(O)CCCl. The Morgan fingerprint density at radius 2 is 1.73 bits per heavy atom. The van der Waals surface area contributed by atoms with Crippen LogP contribution in [0.15, 0.2) is 18.2 Å². The molecule has 0 aliphatic carbocycles. The molecule has 2 N–H and O–H groups in total. The zero-order chi connectivity index (χ0) is 11.4. The maximum absolute atomic E-state index is 9.97. The lowest BCUT2D eigenvalue weighted by Crippen LogP contribution is -2.20. The molecule has 2 nitrogen and oxygen atoms in total. The molecule has 0 heterocycles. The van der Waals surface area contributed by atoms with Gasteiger partial charge in [-0.05, 0) is 37.0 Å². The summed E-state index contributed by atoms with van der Waals surface area (Å²) in [6, 6.07) is 5.80. The lowest BCUT2D eigenvalue weighted by atomic mass is 9.94. The molecule has 0 saturated carbocycles. The minimum Gasteiger partial charge on any atom is -0.390 e. The monoisotopic (exact) mass is 228 g/mol. The van der Waals surface area contributed by atoms with E-state index in [4.69, 9.17) is 11.6 Å². The Balaban J connectivity index is 2.94. The smallest absolute Gasteiger partial charge is 0.105 e. The molecule has 1 aromatic rings. The molecule has 0 fully saturated rings. The average molecular weight is 229 g/mol. The molecule has 84 valence electrons. The van der Waals surface area contributed by atoms with Gasteiger partial charge in [0, 0.05) is 5.88 Å². The van der Waals surface area contributed by atoms with Crippen LogP contribution in [0, 0.1) is 13.8 Å². The lowest BCUT2D eigenvalue weighted by molar-refractivity contribution is 0.0162. The summed E-state index contributed by atoms with van der Waals surface area (Å²) in [7, 11) is 0. The van der Waals surface area contributed by atoms with Crippen LogP contribution in [0.5, 0.6) is 0 Å². The fourth-order valence-electron chi connectivity index (χ4n) is 1.76. The minimum atomic E-state index is -0.843. The Morgan fingerprint density at radius 3 is 2.20 bits per heavy atom. The van der Waals surface area contributed by atoms with Crippen molar-refractivity contribution >= 4 is 11.6 Å². The zero-order valence-corrected chi connectivity index (χ0v) is 9.83. The molecule has 2 atom stereocenters. The van der Waals surface area contributed by atoms with Gasteiger partial charge in [-0.2, -0.15) is 0 Å². The highest BCUT2D eigenvalue weighted by Gasteiger charge is 2.20. The van der Waals surface area contributed by atoms with Gasteiger partial charge in [-0.25, -0.2) is 0 Å². The number of benzene rings is 1. The molecule has 1 aromatic carbocycles. The Bertz CT molecular complexity index is 305. The van der Waals surface area contributed by atoms with Gasteiger partial charge in [0.05, 0.1) is 6.10 Å². The van der Waals surface area contributed by atoms with Gasteiger partial charge in [0.15, 0.2) is 0 Å². The number of hydrogen-bond acceptors (Lipinski definition) is 2. The van der Waals surface area contributed by atoms with E-state index in [1.54, 1.807) is 0 Å². The molecule has 0 aliphatic heterocycles. The Labute approximate surface area is 95.5 Å². The molecular formula is C12H17ClO2. The second kappa shape index (κ2) is 5.50. The molecule has 0 spiro atoms. The molecule has 0 aliphatic rings. The van der Waals surface area contributed by atoms with Crippen molar-refractivity contribution in [1.82, 2.24) is 0 Å². The van der Waals surface area contributed by atoms with E-state index in [0.717, 1.165) is 16.7 Å². The van der Waals surface area contributed by atoms with Gasteiger partial charge < -0.3 is 10.2 Å². The van der Waals surface area contributed by atoms with Crippen molar-refractivity contribution in [1.29, 1.82) is 0 Å². The van der Waals surface area contributed by atoms with Crippen LogP contribution in [0.25, 0.3) is 0 Å². The fourth-order valence-corrected chi connectivity index (χ4v) is 1.98. The normalized spacial score (nSPS) is 15.0. The van der Waals surface area contributed by atoms with Gasteiger partial charge in [-0.3, -0.25) is 0 Å². The van der Waals surface area contributed by atoms with Crippen molar-refractivity contribution in [3.05, 3.63) is 34.9 Å². The predicted molar refractivity (Wildman–Crippen MR) is 62.2 cm³/mol. The number of hydrogen-bond donors (Lipinski definition) is 2. The first-order valence-electron chi connectivity index (χ1n) is 5.06. The molecule has 2 unspecified atom stereocenters. The number of halogens is 1. The highest BCUT2D eigenvalue weighted by Crippen LogP contribution is 2.25. The molecule has 0 aromatic heterocycles. The number of aliphatic hydroxyl groups excluding tert-OH is 2. The van der Waals surface area contributed by atoms with E-state index in [-0.39, 0.29) is 0 Å². The molecule has 1 rings (SSSR count). The van der Waals surface area contributed by atoms with E-state index in [1.165, 1.54) is 0 Å². The average Bonchev–Trinajstić information content (AvgIpc) is 2.17. The third-order valence-corrected chi connectivity index (χ3v) is 2.83. The number of rotatable bonds is 4. The molecule has 15 heavy (non-hydrogen) atoms. The van der Waals surface area contributed by atoms with Gasteiger partial charge in [0.25, 0.3) is 0 Å². The van der Waals surface area contributed by atoms with Gasteiger partial charge in [-0.15, -0.1) is 11.6 Å². The summed E-state index contributed by atoms with van der Waals surface area (Å²) < 4.78 is 0. The van der Waals surface area contributed by atoms with Crippen LogP contribution in [0.4, 0.5) is 0 Å². The third kappa shape index (κ3) is 2.94. The largest absolute Gasteiger partial charge is 0.390 e. The first kappa shape index (κ1) is 12.5. The van der Waals surface area contributed by atoms with Crippen LogP contribution < -0.4 is 0 Å². The second-order valence-electron chi connectivity index (χ2n) is 3.80.